The molecule has 2 aliphatic rings. The van der Waals surface area contributed by atoms with Crippen LogP contribution in [0.15, 0.2) is 60.7 Å². The van der Waals surface area contributed by atoms with Gasteiger partial charge >= 0.3 is 5.97 Å². The van der Waals surface area contributed by atoms with Crippen molar-refractivity contribution in [3.63, 3.8) is 0 Å². The second-order valence-electron chi connectivity index (χ2n) is 9.02. The minimum atomic E-state index is -0.557. The maximum atomic E-state index is 13.0. The van der Waals surface area contributed by atoms with E-state index in [2.05, 4.69) is 10.2 Å². The predicted octanol–water partition coefficient (Wildman–Crippen LogP) is 3.51. The lowest BCUT2D eigenvalue weighted by Gasteiger charge is -2.48. The largest absolute Gasteiger partial charge is 0.455 e. The number of nitrogens with one attached hydrogen (secondary N) is 1. The summed E-state index contributed by atoms with van der Waals surface area (Å²) in [4.78, 5) is 28.2. The number of morpholine rings is 1. The van der Waals surface area contributed by atoms with Gasteiger partial charge in [-0.2, -0.15) is 0 Å². The van der Waals surface area contributed by atoms with Gasteiger partial charge < -0.3 is 14.8 Å². The summed E-state index contributed by atoms with van der Waals surface area (Å²) < 4.78 is 11.0. The highest BCUT2D eigenvalue weighted by atomic mass is 16.5. The van der Waals surface area contributed by atoms with E-state index >= 15 is 0 Å². The van der Waals surface area contributed by atoms with Crippen LogP contribution in [0.5, 0.6) is 0 Å². The minimum absolute atomic E-state index is 0.0156. The third-order valence-corrected chi connectivity index (χ3v) is 6.93. The van der Waals surface area contributed by atoms with Gasteiger partial charge in [-0.05, 0) is 24.0 Å². The number of nitrogens with zero attached hydrogens (tertiary/aromatic N) is 1. The highest BCUT2D eigenvalue weighted by molar-refractivity contribution is 5.85. The normalized spacial score (nSPS) is 18.6. The van der Waals surface area contributed by atoms with Gasteiger partial charge in [0.2, 0.25) is 0 Å². The summed E-state index contributed by atoms with van der Waals surface area (Å²) >= 11 is 0. The molecule has 4 rings (SSSR count). The molecule has 2 aromatic carbocycles. The van der Waals surface area contributed by atoms with Gasteiger partial charge in [-0.15, -0.1) is 0 Å². The van der Waals surface area contributed by atoms with Crippen molar-refractivity contribution in [2.45, 2.75) is 43.6 Å². The Bertz CT molecular complexity index is 851. The summed E-state index contributed by atoms with van der Waals surface area (Å²) in [5.41, 5.74) is 1.68. The van der Waals surface area contributed by atoms with Crippen molar-refractivity contribution in [2.75, 3.05) is 39.5 Å². The molecule has 0 aromatic heterocycles. The standard InChI is InChI=1S/C27H34N2O4/c30-24(28-21-27(14-8-3-9-15-27)29-16-18-32-19-17-29)20-33-26(31)25(22-10-4-1-5-11-22)23-12-6-2-7-13-23/h1-2,4-7,10-13,25H,3,8-9,14-21H2,(H,28,30). The molecule has 1 saturated carbocycles. The summed E-state index contributed by atoms with van der Waals surface area (Å²) in [5.74, 6) is -1.22. The monoisotopic (exact) mass is 450 g/mol. The fourth-order valence-corrected chi connectivity index (χ4v) is 5.14. The third-order valence-electron chi connectivity index (χ3n) is 6.93. The first kappa shape index (κ1) is 23.5. The van der Waals surface area contributed by atoms with Crippen LogP contribution in [0.1, 0.15) is 49.1 Å². The molecule has 1 heterocycles. The fraction of sp³-hybridized carbons (Fsp3) is 0.481. The van der Waals surface area contributed by atoms with Crippen molar-refractivity contribution in [1.29, 1.82) is 0 Å². The number of rotatable bonds is 8. The first-order valence-electron chi connectivity index (χ1n) is 12.0. The lowest BCUT2D eigenvalue weighted by atomic mass is 9.79. The van der Waals surface area contributed by atoms with Crippen molar-refractivity contribution in [1.82, 2.24) is 10.2 Å². The molecule has 2 fully saturated rings. The van der Waals surface area contributed by atoms with Crippen LogP contribution in [0, 0.1) is 0 Å². The van der Waals surface area contributed by atoms with Crippen LogP contribution in [0.25, 0.3) is 0 Å². The molecule has 0 radical (unpaired) electrons. The molecule has 0 atom stereocenters. The lowest BCUT2D eigenvalue weighted by Crippen LogP contribution is -2.59. The van der Waals surface area contributed by atoms with Gasteiger partial charge in [-0.25, -0.2) is 0 Å². The number of carbonyl (C=O) groups excluding carboxylic acids is 2. The van der Waals surface area contributed by atoms with Crippen LogP contribution < -0.4 is 5.32 Å². The Morgan fingerprint density at radius 2 is 1.48 bits per heavy atom. The van der Waals surface area contributed by atoms with E-state index < -0.39 is 11.9 Å². The van der Waals surface area contributed by atoms with E-state index in [0.717, 1.165) is 50.3 Å². The third kappa shape index (κ3) is 6.01. The second-order valence-corrected chi connectivity index (χ2v) is 9.02. The number of hydrogen-bond acceptors (Lipinski definition) is 5. The molecule has 6 nitrogen and oxygen atoms in total. The smallest absolute Gasteiger partial charge is 0.318 e. The van der Waals surface area contributed by atoms with E-state index in [-0.39, 0.29) is 18.1 Å². The average molecular weight is 451 g/mol. The Hall–Kier alpha value is -2.70. The summed E-state index contributed by atoms with van der Waals surface area (Å²) in [5, 5.41) is 3.07. The molecular weight excluding hydrogens is 416 g/mol. The van der Waals surface area contributed by atoms with E-state index in [1.54, 1.807) is 0 Å². The molecule has 176 valence electrons. The zero-order chi connectivity index (χ0) is 22.9. The molecule has 1 saturated heterocycles. The van der Waals surface area contributed by atoms with Gasteiger partial charge in [0.1, 0.15) is 5.92 Å². The van der Waals surface area contributed by atoms with Gasteiger partial charge in [0.05, 0.1) is 13.2 Å². The number of esters is 1. The highest BCUT2D eigenvalue weighted by Gasteiger charge is 2.39. The highest BCUT2D eigenvalue weighted by Crippen LogP contribution is 2.34. The Kier molecular flexibility index (Phi) is 8.13. The maximum absolute atomic E-state index is 13.0. The zero-order valence-corrected chi connectivity index (χ0v) is 19.2. The van der Waals surface area contributed by atoms with Gasteiger partial charge in [0.15, 0.2) is 6.61 Å². The van der Waals surface area contributed by atoms with Crippen LogP contribution in [-0.4, -0.2) is 61.8 Å². The lowest BCUT2D eigenvalue weighted by molar-refractivity contribution is -0.149. The van der Waals surface area contributed by atoms with E-state index in [1.165, 1.54) is 19.3 Å². The van der Waals surface area contributed by atoms with Crippen molar-refractivity contribution < 1.29 is 19.1 Å². The minimum Gasteiger partial charge on any atom is -0.455 e. The van der Waals surface area contributed by atoms with Crippen LogP contribution in [0.2, 0.25) is 0 Å². The first-order valence-corrected chi connectivity index (χ1v) is 12.0. The van der Waals surface area contributed by atoms with E-state index in [0.29, 0.717) is 6.54 Å². The molecule has 2 aromatic rings. The van der Waals surface area contributed by atoms with Crippen molar-refractivity contribution >= 4 is 11.9 Å². The molecular formula is C27H34N2O4. The Morgan fingerprint density at radius 1 is 0.909 bits per heavy atom. The van der Waals surface area contributed by atoms with Gasteiger partial charge in [0, 0.05) is 25.2 Å². The van der Waals surface area contributed by atoms with Gasteiger partial charge in [0.25, 0.3) is 5.91 Å². The number of benzene rings is 2. The molecule has 1 aliphatic carbocycles. The molecule has 6 heteroatoms. The molecule has 1 N–H and O–H groups in total. The first-order chi connectivity index (χ1) is 16.2. The van der Waals surface area contributed by atoms with E-state index in [4.69, 9.17) is 9.47 Å². The Labute approximate surface area is 196 Å². The van der Waals surface area contributed by atoms with E-state index in [9.17, 15) is 9.59 Å². The maximum Gasteiger partial charge on any atom is 0.318 e. The quantitative estimate of drug-likeness (QED) is 0.624. The van der Waals surface area contributed by atoms with Crippen LogP contribution in [0.4, 0.5) is 0 Å². The van der Waals surface area contributed by atoms with Crippen molar-refractivity contribution in [2.24, 2.45) is 0 Å². The number of amides is 1. The van der Waals surface area contributed by atoms with Crippen LogP contribution in [-0.2, 0) is 19.1 Å². The van der Waals surface area contributed by atoms with Crippen LogP contribution >= 0.6 is 0 Å². The summed E-state index contributed by atoms with van der Waals surface area (Å²) in [6.07, 6.45) is 5.77. The van der Waals surface area contributed by atoms with Crippen LogP contribution in [0.3, 0.4) is 0 Å². The number of hydrogen-bond donors (Lipinski definition) is 1. The molecule has 33 heavy (non-hydrogen) atoms. The molecule has 1 amide bonds. The molecule has 1 aliphatic heterocycles. The summed E-state index contributed by atoms with van der Waals surface area (Å²) in [6.45, 7) is 3.61. The fourth-order valence-electron chi connectivity index (χ4n) is 5.14. The van der Waals surface area contributed by atoms with E-state index in [1.807, 2.05) is 60.7 Å². The van der Waals surface area contributed by atoms with Crippen molar-refractivity contribution in [3.8, 4) is 0 Å². The summed E-state index contributed by atoms with van der Waals surface area (Å²) in [6, 6.07) is 19.1. The predicted molar refractivity (Wildman–Crippen MR) is 127 cm³/mol. The zero-order valence-electron chi connectivity index (χ0n) is 19.2. The molecule has 0 unspecified atom stereocenters. The van der Waals surface area contributed by atoms with Gasteiger partial charge in [-0.3, -0.25) is 14.5 Å². The second kappa shape index (κ2) is 11.4. The average Bonchev–Trinajstić information content (AvgIpc) is 2.89. The number of ether oxygens (including phenoxy) is 2. The Morgan fingerprint density at radius 3 is 2.06 bits per heavy atom. The molecule has 0 spiro atoms. The van der Waals surface area contributed by atoms with Gasteiger partial charge in [-0.1, -0.05) is 79.9 Å². The Balaban J connectivity index is 1.36. The topological polar surface area (TPSA) is 67.9 Å². The SMILES string of the molecule is O=C(COC(=O)C(c1ccccc1)c1ccccc1)NCC1(N2CCOCC2)CCCCC1. The molecule has 0 bridgehead atoms. The van der Waals surface area contributed by atoms with Crippen molar-refractivity contribution in [3.05, 3.63) is 71.8 Å². The number of carbonyl (C=O) groups is 2. The summed E-state index contributed by atoms with van der Waals surface area (Å²) in [7, 11) is 0.